The van der Waals surface area contributed by atoms with Crippen molar-refractivity contribution < 1.29 is 22.4 Å². The standard InChI is InChI=1S/C13H14F3N3O2/c1-8(2)5-10-6-9(19-21-10)7-20-12-17-4-3-11(18-12)13(14,15)16/h3-4,6,8H,5,7H2,1-2H3. The molecule has 2 heterocycles. The molecule has 8 heteroatoms. The summed E-state index contributed by atoms with van der Waals surface area (Å²) in [5.74, 6) is 1.12. The first-order valence-corrected chi connectivity index (χ1v) is 6.32. The molecule has 0 radical (unpaired) electrons. The fourth-order valence-electron chi connectivity index (χ4n) is 1.63. The monoisotopic (exact) mass is 301 g/mol. The summed E-state index contributed by atoms with van der Waals surface area (Å²) in [6.07, 6.45) is -2.80. The molecule has 0 spiro atoms. The van der Waals surface area contributed by atoms with E-state index in [0.29, 0.717) is 17.4 Å². The van der Waals surface area contributed by atoms with Crippen LogP contribution >= 0.6 is 0 Å². The fourth-order valence-corrected chi connectivity index (χ4v) is 1.63. The molecule has 0 amide bonds. The number of rotatable bonds is 5. The molecule has 0 aliphatic heterocycles. The lowest BCUT2D eigenvalue weighted by molar-refractivity contribution is -0.141. The van der Waals surface area contributed by atoms with Gasteiger partial charge in [0, 0.05) is 18.7 Å². The molecular weight excluding hydrogens is 287 g/mol. The van der Waals surface area contributed by atoms with Crippen LogP contribution in [-0.2, 0) is 19.2 Å². The Morgan fingerprint density at radius 3 is 2.76 bits per heavy atom. The Morgan fingerprint density at radius 2 is 2.10 bits per heavy atom. The minimum absolute atomic E-state index is 0.0527. The van der Waals surface area contributed by atoms with Crippen molar-refractivity contribution in [3.05, 3.63) is 35.5 Å². The normalized spacial score (nSPS) is 11.9. The first kappa shape index (κ1) is 15.3. The topological polar surface area (TPSA) is 61.0 Å². The lowest BCUT2D eigenvalue weighted by Gasteiger charge is -2.06. The summed E-state index contributed by atoms with van der Waals surface area (Å²) < 4.78 is 47.6. The van der Waals surface area contributed by atoms with Gasteiger partial charge in [-0.3, -0.25) is 0 Å². The maximum Gasteiger partial charge on any atom is 0.433 e. The largest absolute Gasteiger partial charge is 0.457 e. The summed E-state index contributed by atoms with van der Waals surface area (Å²) in [7, 11) is 0. The van der Waals surface area contributed by atoms with Crippen LogP contribution in [0, 0.1) is 5.92 Å². The van der Waals surface area contributed by atoms with Gasteiger partial charge in [0.15, 0.2) is 5.69 Å². The van der Waals surface area contributed by atoms with Crippen molar-refractivity contribution in [1.82, 2.24) is 15.1 Å². The van der Waals surface area contributed by atoms with E-state index in [1.807, 2.05) is 13.8 Å². The number of alkyl halides is 3. The van der Waals surface area contributed by atoms with Crippen LogP contribution in [0.2, 0.25) is 0 Å². The molecule has 0 atom stereocenters. The average Bonchev–Trinajstić information content (AvgIpc) is 2.82. The van der Waals surface area contributed by atoms with Gasteiger partial charge in [-0.1, -0.05) is 19.0 Å². The number of ether oxygens (including phenoxy) is 1. The highest BCUT2D eigenvalue weighted by molar-refractivity contribution is 5.10. The Kier molecular flexibility index (Phi) is 4.44. The summed E-state index contributed by atoms with van der Waals surface area (Å²) in [6.45, 7) is 4.02. The van der Waals surface area contributed by atoms with Crippen LogP contribution in [0.3, 0.4) is 0 Å². The number of hydrogen-bond donors (Lipinski definition) is 0. The Labute approximate surface area is 119 Å². The summed E-state index contributed by atoms with van der Waals surface area (Å²) >= 11 is 0. The molecule has 0 saturated heterocycles. The van der Waals surface area contributed by atoms with Crippen LogP contribution in [0.25, 0.3) is 0 Å². The quantitative estimate of drug-likeness (QED) is 0.848. The number of halogens is 3. The zero-order valence-corrected chi connectivity index (χ0v) is 11.5. The van der Waals surface area contributed by atoms with Crippen LogP contribution in [-0.4, -0.2) is 15.1 Å². The second kappa shape index (κ2) is 6.11. The molecule has 0 aromatic carbocycles. The summed E-state index contributed by atoms with van der Waals surface area (Å²) in [5.41, 5.74) is -0.570. The van der Waals surface area contributed by atoms with Gasteiger partial charge in [-0.05, 0) is 12.0 Å². The van der Waals surface area contributed by atoms with Crippen LogP contribution in [0.1, 0.15) is 31.0 Å². The molecule has 0 aliphatic carbocycles. The van der Waals surface area contributed by atoms with E-state index in [9.17, 15) is 13.2 Å². The first-order valence-electron chi connectivity index (χ1n) is 6.32. The van der Waals surface area contributed by atoms with E-state index in [1.54, 1.807) is 6.07 Å². The van der Waals surface area contributed by atoms with Gasteiger partial charge in [0.25, 0.3) is 0 Å². The van der Waals surface area contributed by atoms with Gasteiger partial charge >= 0.3 is 12.2 Å². The van der Waals surface area contributed by atoms with E-state index in [4.69, 9.17) is 9.26 Å². The number of nitrogens with zero attached hydrogens (tertiary/aromatic N) is 3. The molecular formula is C13H14F3N3O2. The zero-order chi connectivity index (χ0) is 15.5. The predicted molar refractivity (Wildman–Crippen MR) is 66.4 cm³/mol. The minimum Gasteiger partial charge on any atom is -0.457 e. The second-order valence-corrected chi connectivity index (χ2v) is 4.89. The molecule has 0 N–H and O–H groups in total. The highest BCUT2D eigenvalue weighted by Crippen LogP contribution is 2.27. The van der Waals surface area contributed by atoms with Crippen molar-refractivity contribution in [2.75, 3.05) is 0 Å². The second-order valence-electron chi connectivity index (χ2n) is 4.89. The molecule has 114 valence electrons. The van der Waals surface area contributed by atoms with Gasteiger partial charge in [0.05, 0.1) is 0 Å². The molecule has 0 unspecified atom stereocenters. The van der Waals surface area contributed by atoms with Gasteiger partial charge in [-0.25, -0.2) is 4.98 Å². The highest BCUT2D eigenvalue weighted by atomic mass is 19.4. The number of aromatic nitrogens is 3. The minimum atomic E-state index is -4.53. The van der Waals surface area contributed by atoms with E-state index < -0.39 is 11.9 Å². The van der Waals surface area contributed by atoms with Gasteiger partial charge in [-0.15, -0.1) is 0 Å². The van der Waals surface area contributed by atoms with Crippen molar-refractivity contribution in [2.45, 2.75) is 33.1 Å². The molecule has 0 bridgehead atoms. The van der Waals surface area contributed by atoms with Crippen LogP contribution in [0.4, 0.5) is 13.2 Å². The Balaban J connectivity index is 1.98. The van der Waals surface area contributed by atoms with Crippen molar-refractivity contribution in [3.8, 4) is 6.01 Å². The number of hydrogen-bond acceptors (Lipinski definition) is 5. The lowest BCUT2D eigenvalue weighted by Crippen LogP contribution is -2.10. The molecule has 0 fully saturated rings. The van der Waals surface area contributed by atoms with Crippen molar-refractivity contribution in [2.24, 2.45) is 5.92 Å². The third kappa shape index (κ3) is 4.44. The van der Waals surface area contributed by atoms with E-state index in [0.717, 1.165) is 18.7 Å². The van der Waals surface area contributed by atoms with Crippen molar-refractivity contribution >= 4 is 0 Å². The van der Waals surface area contributed by atoms with Crippen molar-refractivity contribution in [1.29, 1.82) is 0 Å². The predicted octanol–water partition coefficient (Wildman–Crippen LogP) is 3.26. The van der Waals surface area contributed by atoms with Crippen LogP contribution in [0.15, 0.2) is 22.9 Å². The summed E-state index contributed by atoms with van der Waals surface area (Å²) in [4.78, 5) is 6.93. The molecule has 0 aliphatic rings. The van der Waals surface area contributed by atoms with Gasteiger partial charge < -0.3 is 9.26 Å². The van der Waals surface area contributed by atoms with Crippen LogP contribution < -0.4 is 4.74 Å². The van der Waals surface area contributed by atoms with E-state index >= 15 is 0 Å². The molecule has 21 heavy (non-hydrogen) atoms. The average molecular weight is 301 g/mol. The fraction of sp³-hybridized carbons (Fsp3) is 0.462. The van der Waals surface area contributed by atoms with E-state index in [-0.39, 0.29) is 12.6 Å². The Hall–Kier alpha value is -2.12. The lowest BCUT2D eigenvalue weighted by atomic mass is 10.1. The molecule has 2 aromatic heterocycles. The SMILES string of the molecule is CC(C)Cc1cc(COc2nccc(C(F)(F)F)n2)no1. The van der Waals surface area contributed by atoms with Gasteiger partial charge in [-0.2, -0.15) is 18.2 Å². The van der Waals surface area contributed by atoms with E-state index in [2.05, 4.69) is 15.1 Å². The molecule has 5 nitrogen and oxygen atoms in total. The maximum absolute atomic E-state index is 12.5. The first-order chi connectivity index (χ1) is 9.84. The van der Waals surface area contributed by atoms with E-state index in [1.165, 1.54) is 0 Å². The van der Waals surface area contributed by atoms with Gasteiger partial charge in [0.2, 0.25) is 0 Å². The highest BCUT2D eigenvalue weighted by Gasteiger charge is 2.33. The van der Waals surface area contributed by atoms with Crippen LogP contribution in [0.5, 0.6) is 6.01 Å². The van der Waals surface area contributed by atoms with Crippen molar-refractivity contribution in [3.63, 3.8) is 0 Å². The summed E-state index contributed by atoms with van der Waals surface area (Å²) in [6, 6.07) is 2.13. The maximum atomic E-state index is 12.5. The smallest absolute Gasteiger partial charge is 0.433 e. The van der Waals surface area contributed by atoms with Gasteiger partial charge in [0.1, 0.15) is 18.1 Å². The Morgan fingerprint density at radius 1 is 1.33 bits per heavy atom. The molecule has 0 saturated carbocycles. The zero-order valence-electron chi connectivity index (χ0n) is 11.5. The third-order valence-corrected chi connectivity index (χ3v) is 2.49. The third-order valence-electron chi connectivity index (χ3n) is 2.49. The summed E-state index contributed by atoms with van der Waals surface area (Å²) in [5, 5.41) is 3.78. The molecule has 2 aromatic rings. The Bertz CT molecular complexity index is 596. The molecule has 2 rings (SSSR count).